The van der Waals surface area contributed by atoms with Crippen molar-refractivity contribution in [1.29, 1.82) is 0 Å². The molecule has 3 aliphatic heterocycles. The van der Waals surface area contributed by atoms with E-state index in [4.69, 9.17) is 24.2 Å². The fraction of sp³-hybridized carbons (Fsp3) is 0.522. The first kappa shape index (κ1) is 40.8. The molecule has 1 aromatic carbocycles. The lowest BCUT2D eigenvalue weighted by atomic mass is 9.88. The van der Waals surface area contributed by atoms with Crippen LogP contribution in [0.15, 0.2) is 60.8 Å². The van der Waals surface area contributed by atoms with Crippen molar-refractivity contribution in [3.05, 3.63) is 83.5 Å². The molecule has 2 aliphatic carbocycles. The van der Waals surface area contributed by atoms with Gasteiger partial charge in [-0.3, -0.25) is 0 Å². The summed E-state index contributed by atoms with van der Waals surface area (Å²) in [5, 5.41) is 0.908. The number of rotatable bonds is 8. The largest absolute Gasteiger partial charge is 0.438 e. The van der Waals surface area contributed by atoms with Gasteiger partial charge in [0.05, 0.1) is 24.3 Å². The third-order valence-corrected chi connectivity index (χ3v) is 14.1. The highest BCUT2D eigenvalue weighted by atomic mass is 19.1. The molecule has 0 N–H and O–H groups in total. The van der Waals surface area contributed by atoms with E-state index in [0.717, 1.165) is 46.7 Å². The van der Waals surface area contributed by atoms with Crippen LogP contribution in [-0.2, 0) is 14.2 Å². The van der Waals surface area contributed by atoms with Gasteiger partial charge in [0.2, 0.25) is 0 Å². The summed E-state index contributed by atoms with van der Waals surface area (Å²) in [4.78, 5) is 54.3. The van der Waals surface area contributed by atoms with E-state index in [1.165, 1.54) is 36.1 Å². The molecule has 5 aliphatic rings. The molecule has 4 unspecified atom stereocenters. The summed E-state index contributed by atoms with van der Waals surface area (Å²) in [5.74, 6) is 1.31. The van der Waals surface area contributed by atoms with Crippen LogP contribution in [0.3, 0.4) is 0 Å². The van der Waals surface area contributed by atoms with Crippen molar-refractivity contribution in [2.45, 2.75) is 90.4 Å². The number of amides is 2. The fourth-order valence-electron chi connectivity index (χ4n) is 9.82. The van der Waals surface area contributed by atoms with Gasteiger partial charge in [0, 0.05) is 81.1 Å². The quantitative estimate of drug-likeness (QED) is 0.176. The zero-order chi connectivity index (χ0) is 42.6. The normalized spacial score (nSPS) is 26.0. The molecule has 0 spiro atoms. The standard InChI is InChI=1S/C46H56FN9O5/c1-7-36(32-12-9-8-10-13-32)38-30(3)48-27-49-40(38)52-16-18-53(19-17-52)43(57)60-45(5)31(4)46(45,6)61-44(58)54-20-21-55(29(2)23-54)41-39-37(33-25-59-26-33)24-56(42(39)51-28-50-41)35-15-11-14-34(47)22-35/h7,11-12,14-15,22,24,27-29,31,33H,8-10,13,16-21,23,25-26H2,1-6H3/b36-7-. The molecule has 322 valence electrons. The Hall–Kier alpha value is -5.57. The van der Waals surface area contributed by atoms with Gasteiger partial charge < -0.3 is 38.4 Å². The number of halogens is 1. The van der Waals surface area contributed by atoms with Crippen molar-refractivity contribution in [1.82, 2.24) is 34.3 Å². The third kappa shape index (κ3) is 7.17. The molecule has 14 nitrogen and oxygen atoms in total. The van der Waals surface area contributed by atoms with Crippen molar-refractivity contribution >= 4 is 40.4 Å². The van der Waals surface area contributed by atoms with Gasteiger partial charge in [-0.05, 0) is 95.2 Å². The van der Waals surface area contributed by atoms with Gasteiger partial charge in [-0.15, -0.1) is 0 Å². The number of carbonyl (C=O) groups excluding carboxylic acids is 2. The molecule has 0 radical (unpaired) electrons. The summed E-state index contributed by atoms with van der Waals surface area (Å²) in [6, 6.07) is 6.37. The van der Waals surface area contributed by atoms with Gasteiger partial charge in [-0.25, -0.2) is 33.9 Å². The van der Waals surface area contributed by atoms with E-state index >= 15 is 0 Å². The van der Waals surface area contributed by atoms with Crippen LogP contribution in [0.5, 0.6) is 0 Å². The monoisotopic (exact) mass is 833 g/mol. The van der Waals surface area contributed by atoms with Crippen LogP contribution in [0, 0.1) is 18.7 Å². The van der Waals surface area contributed by atoms with Gasteiger partial charge in [-0.1, -0.05) is 25.1 Å². The first-order valence-corrected chi connectivity index (χ1v) is 21.8. The maximum absolute atomic E-state index is 14.3. The number of fused-ring (bicyclic) bond motifs is 1. The van der Waals surface area contributed by atoms with Gasteiger partial charge in [0.25, 0.3) is 0 Å². The molecule has 3 aromatic heterocycles. The molecular formula is C46H56FN9O5. The van der Waals surface area contributed by atoms with Crippen LogP contribution in [0.2, 0.25) is 0 Å². The van der Waals surface area contributed by atoms with Gasteiger partial charge in [0.1, 0.15) is 35.8 Å². The van der Waals surface area contributed by atoms with Crippen molar-refractivity contribution in [2.75, 3.05) is 68.8 Å². The summed E-state index contributed by atoms with van der Waals surface area (Å²) < 4.78 is 34.3. The summed E-state index contributed by atoms with van der Waals surface area (Å²) in [6.07, 6.45) is 13.4. The molecule has 15 heteroatoms. The molecule has 3 saturated heterocycles. The molecule has 4 aromatic rings. The molecule has 9 rings (SSSR count). The topological polar surface area (TPSA) is 131 Å². The van der Waals surface area contributed by atoms with Crippen molar-refractivity contribution in [3.63, 3.8) is 0 Å². The SMILES string of the molecule is C/C=C(/C1=CCCCC1)c1c(C)ncnc1N1CCN(C(=O)OC2(C)C(C)C2(C)OC(=O)N2CCN(c3ncnc4c3c(C3COC3)cn4-c3cccc(F)c3)C(C)C2)CC1. The number of aromatic nitrogens is 5. The Kier molecular flexibility index (Phi) is 10.7. The minimum absolute atomic E-state index is 0.106. The summed E-state index contributed by atoms with van der Waals surface area (Å²) >= 11 is 0. The number of aryl methyl sites for hydroxylation is 1. The molecule has 0 bridgehead atoms. The van der Waals surface area contributed by atoms with Crippen molar-refractivity contribution in [3.8, 4) is 5.69 Å². The Morgan fingerprint density at radius 2 is 1.61 bits per heavy atom. The van der Waals surface area contributed by atoms with E-state index in [1.54, 1.807) is 28.5 Å². The molecule has 4 fully saturated rings. The molecule has 2 amide bonds. The second-order valence-electron chi connectivity index (χ2n) is 17.5. The van der Waals surface area contributed by atoms with Gasteiger partial charge >= 0.3 is 12.2 Å². The van der Waals surface area contributed by atoms with Crippen LogP contribution in [0.4, 0.5) is 25.6 Å². The number of anilines is 2. The predicted molar refractivity (Wildman–Crippen MR) is 230 cm³/mol. The fourth-order valence-corrected chi connectivity index (χ4v) is 9.82. The van der Waals surface area contributed by atoms with Gasteiger partial charge in [0.15, 0.2) is 11.2 Å². The Morgan fingerprint density at radius 1 is 0.902 bits per heavy atom. The van der Waals surface area contributed by atoms with Crippen LogP contribution in [0.25, 0.3) is 22.3 Å². The van der Waals surface area contributed by atoms with E-state index in [0.29, 0.717) is 70.4 Å². The van der Waals surface area contributed by atoms with E-state index in [2.05, 4.69) is 45.8 Å². The van der Waals surface area contributed by atoms with Crippen LogP contribution in [0.1, 0.15) is 83.0 Å². The second kappa shape index (κ2) is 16.0. The van der Waals surface area contributed by atoms with Gasteiger partial charge in [-0.2, -0.15) is 0 Å². The number of ether oxygens (including phenoxy) is 3. The van der Waals surface area contributed by atoms with E-state index in [9.17, 15) is 14.0 Å². The number of allylic oxidation sites excluding steroid dienone is 4. The first-order valence-electron chi connectivity index (χ1n) is 21.8. The maximum Gasteiger partial charge on any atom is 0.410 e. The van der Waals surface area contributed by atoms with E-state index in [1.807, 2.05) is 44.5 Å². The molecule has 61 heavy (non-hydrogen) atoms. The van der Waals surface area contributed by atoms with E-state index < -0.39 is 23.4 Å². The number of hydrogen-bond acceptors (Lipinski definition) is 11. The Balaban J connectivity index is 0.835. The van der Waals surface area contributed by atoms with E-state index in [-0.39, 0.29) is 23.7 Å². The number of benzene rings is 1. The number of hydrogen-bond donors (Lipinski definition) is 0. The average Bonchev–Trinajstić information content (AvgIpc) is 3.46. The lowest BCUT2D eigenvalue weighted by Gasteiger charge is -2.41. The molecular weight excluding hydrogens is 778 g/mol. The molecule has 1 saturated carbocycles. The smallest absolute Gasteiger partial charge is 0.410 e. The van der Waals surface area contributed by atoms with Crippen molar-refractivity contribution in [2.24, 2.45) is 5.92 Å². The maximum atomic E-state index is 14.3. The van der Waals surface area contributed by atoms with Crippen LogP contribution < -0.4 is 9.80 Å². The first-order chi connectivity index (χ1) is 29.4. The third-order valence-electron chi connectivity index (χ3n) is 14.1. The predicted octanol–water partition coefficient (Wildman–Crippen LogP) is 7.45. The Bertz CT molecular complexity index is 2410. The lowest BCUT2D eigenvalue weighted by Crippen LogP contribution is -2.55. The number of nitrogens with zero attached hydrogens (tertiary/aromatic N) is 9. The zero-order valence-corrected chi connectivity index (χ0v) is 36.1. The summed E-state index contributed by atoms with van der Waals surface area (Å²) in [6.45, 7) is 16.5. The number of piperazine rings is 2. The highest BCUT2D eigenvalue weighted by molar-refractivity contribution is 5.93. The Morgan fingerprint density at radius 3 is 2.26 bits per heavy atom. The zero-order valence-electron chi connectivity index (χ0n) is 36.1. The number of carbonyl (C=O) groups is 2. The highest BCUT2D eigenvalue weighted by Gasteiger charge is 2.76. The summed E-state index contributed by atoms with van der Waals surface area (Å²) in [7, 11) is 0. The highest BCUT2D eigenvalue weighted by Crippen LogP contribution is 2.59. The second-order valence-corrected chi connectivity index (χ2v) is 17.5. The Labute approximate surface area is 356 Å². The van der Waals surface area contributed by atoms with Crippen LogP contribution >= 0.6 is 0 Å². The average molecular weight is 834 g/mol. The van der Waals surface area contributed by atoms with Crippen molar-refractivity contribution < 1.29 is 28.2 Å². The minimum Gasteiger partial charge on any atom is -0.438 e. The molecule has 6 heterocycles. The summed E-state index contributed by atoms with van der Waals surface area (Å²) in [5.41, 5.74) is 5.02. The van der Waals surface area contributed by atoms with Crippen LogP contribution in [-0.4, -0.2) is 123 Å². The lowest BCUT2D eigenvalue weighted by molar-refractivity contribution is -0.0169. The molecule has 4 atom stereocenters. The minimum atomic E-state index is -0.996.